The van der Waals surface area contributed by atoms with Crippen LogP contribution in [0.2, 0.25) is 0 Å². The number of rotatable bonds is 8. The molecule has 0 heterocycles. The summed E-state index contributed by atoms with van der Waals surface area (Å²) in [6, 6.07) is 18.2. The van der Waals surface area contributed by atoms with Gasteiger partial charge < -0.3 is 9.47 Å². The first-order valence-corrected chi connectivity index (χ1v) is 9.99. The summed E-state index contributed by atoms with van der Waals surface area (Å²) in [5.74, 6) is -0.311. The number of esters is 2. The molecule has 0 aromatic heterocycles. The molecule has 5 heteroatoms. The van der Waals surface area contributed by atoms with Gasteiger partial charge in [0.1, 0.15) is 5.75 Å². The first kappa shape index (κ1) is 21.2. The maximum Gasteiger partial charge on any atom is 0.308 e. The molecule has 0 saturated heterocycles. The minimum atomic E-state index is -0.406. The Bertz CT molecular complexity index is 1020. The number of ether oxygens (including phenoxy) is 2. The number of carbonyl (C=O) groups is 3. The minimum Gasteiger partial charge on any atom is -0.466 e. The van der Waals surface area contributed by atoms with Gasteiger partial charge in [-0.25, -0.2) is 0 Å². The Balaban J connectivity index is 1.85. The predicted octanol–water partition coefficient (Wildman–Crippen LogP) is 4.83. The molecule has 0 amide bonds. The molecule has 154 valence electrons. The fourth-order valence-corrected chi connectivity index (χ4v) is 3.44. The normalized spacial score (nSPS) is 10.6. The summed E-state index contributed by atoms with van der Waals surface area (Å²) in [7, 11) is 0. The van der Waals surface area contributed by atoms with Crippen molar-refractivity contribution in [2.75, 3.05) is 6.61 Å². The van der Waals surface area contributed by atoms with Gasteiger partial charge in [-0.05, 0) is 66.8 Å². The van der Waals surface area contributed by atoms with Crippen LogP contribution >= 0.6 is 0 Å². The monoisotopic (exact) mass is 404 g/mol. The predicted molar refractivity (Wildman–Crippen MR) is 114 cm³/mol. The standard InChI is InChI=1S/C25H24O5/c1-3-29-24(27)11-7-8-19-16-23(22-10-6-4-5-9-21(19)22)25(28)18-12-14-20(15-13-18)30-17(2)26/h4-6,9-10,12-16H,3,7-8,11H2,1-2H3. The van der Waals surface area contributed by atoms with E-state index in [0.29, 0.717) is 42.7 Å². The van der Waals surface area contributed by atoms with Gasteiger partial charge in [-0.2, -0.15) is 0 Å². The molecule has 5 nitrogen and oxygen atoms in total. The second-order valence-electron chi connectivity index (χ2n) is 6.93. The molecule has 0 fully saturated rings. The summed E-state index contributed by atoms with van der Waals surface area (Å²) < 4.78 is 10.0. The van der Waals surface area contributed by atoms with Crippen molar-refractivity contribution in [1.82, 2.24) is 0 Å². The van der Waals surface area contributed by atoms with Crippen molar-refractivity contribution < 1.29 is 23.9 Å². The molecule has 0 bridgehead atoms. The summed E-state index contributed by atoms with van der Waals surface area (Å²) in [5.41, 5.74) is 4.05. The third-order valence-corrected chi connectivity index (χ3v) is 4.75. The van der Waals surface area contributed by atoms with Crippen LogP contribution in [0.25, 0.3) is 11.1 Å². The Labute approximate surface area is 176 Å². The third-order valence-electron chi connectivity index (χ3n) is 4.75. The number of aryl methyl sites for hydroxylation is 1. The second kappa shape index (κ2) is 9.83. The molecule has 1 aromatic carbocycles. The van der Waals surface area contributed by atoms with Crippen LogP contribution in [0.4, 0.5) is 0 Å². The van der Waals surface area contributed by atoms with Gasteiger partial charge in [-0.3, -0.25) is 14.4 Å². The largest absolute Gasteiger partial charge is 0.466 e. The van der Waals surface area contributed by atoms with Crippen molar-refractivity contribution in [2.24, 2.45) is 0 Å². The zero-order valence-electron chi connectivity index (χ0n) is 17.1. The molecule has 0 radical (unpaired) electrons. The SMILES string of the molecule is CCOC(=O)CCCc1cc(C(=O)c2ccc(OC(C)=O)cc2)c2cccccc1-2. The summed E-state index contributed by atoms with van der Waals surface area (Å²) in [4.78, 5) is 35.9. The lowest BCUT2D eigenvalue weighted by atomic mass is 10.0. The Kier molecular flexibility index (Phi) is 6.96. The van der Waals surface area contributed by atoms with E-state index >= 15 is 0 Å². The van der Waals surface area contributed by atoms with Gasteiger partial charge in [0.05, 0.1) is 6.61 Å². The topological polar surface area (TPSA) is 69.7 Å². The Morgan fingerprint density at radius 2 is 1.60 bits per heavy atom. The lowest BCUT2D eigenvalue weighted by molar-refractivity contribution is -0.143. The van der Waals surface area contributed by atoms with E-state index in [1.54, 1.807) is 31.2 Å². The van der Waals surface area contributed by atoms with E-state index in [1.165, 1.54) is 6.92 Å². The number of hydrogen-bond donors (Lipinski definition) is 0. The van der Waals surface area contributed by atoms with E-state index in [0.717, 1.165) is 16.7 Å². The van der Waals surface area contributed by atoms with Crippen molar-refractivity contribution in [1.29, 1.82) is 0 Å². The van der Waals surface area contributed by atoms with Crippen LogP contribution in [-0.4, -0.2) is 24.3 Å². The molecule has 0 aliphatic heterocycles. The van der Waals surface area contributed by atoms with Gasteiger partial charge >= 0.3 is 11.9 Å². The quantitative estimate of drug-likeness (QED) is 0.305. The van der Waals surface area contributed by atoms with Gasteiger partial charge in [0.2, 0.25) is 0 Å². The van der Waals surface area contributed by atoms with Crippen molar-refractivity contribution in [3.8, 4) is 16.9 Å². The maximum absolute atomic E-state index is 13.2. The van der Waals surface area contributed by atoms with Crippen LogP contribution in [0.15, 0.2) is 60.7 Å². The van der Waals surface area contributed by atoms with E-state index in [1.807, 2.05) is 36.4 Å². The maximum atomic E-state index is 13.2. The molecule has 3 rings (SSSR count). The first-order valence-electron chi connectivity index (χ1n) is 9.99. The van der Waals surface area contributed by atoms with Crippen LogP contribution in [0, 0.1) is 0 Å². The average molecular weight is 404 g/mol. The molecule has 1 aromatic rings. The lowest BCUT2D eigenvalue weighted by Crippen LogP contribution is -2.04. The van der Waals surface area contributed by atoms with E-state index in [4.69, 9.17) is 9.47 Å². The van der Waals surface area contributed by atoms with Crippen molar-refractivity contribution in [3.05, 3.63) is 77.4 Å². The third kappa shape index (κ3) is 5.11. The highest BCUT2D eigenvalue weighted by Gasteiger charge is 2.21. The lowest BCUT2D eigenvalue weighted by Gasteiger charge is -2.04. The van der Waals surface area contributed by atoms with Crippen LogP contribution in [0.1, 0.15) is 48.2 Å². The molecular formula is C25H24O5. The zero-order chi connectivity index (χ0) is 21.5. The fourth-order valence-electron chi connectivity index (χ4n) is 3.44. The van der Waals surface area contributed by atoms with E-state index in [9.17, 15) is 14.4 Å². The fraction of sp³-hybridized carbons (Fsp3) is 0.240. The van der Waals surface area contributed by atoms with Gasteiger partial charge in [-0.1, -0.05) is 30.3 Å². The van der Waals surface area contributed by atoms with E-state index < -0.39 is 5.97 Å². The smallest absolute Gasteiger partial charge is 0.308 e. The van der Waals surface area contributed by atoms with Crippen molar-refractivity contribution >= 4 is 17.7 Å². The molecule has 0 atom stereocenters. The highest BCUT2D eigenvalue weighted by molar-refractivity contribution is 6.14. The van der Waals surface area contributed by atoms with E-state index in [-0.39, 0.29) is 11.8 Å². The Morgan fingerprint density at radius 1 is 0.900 bits per heavy atom. The summed E-state index contributed by atoms with van der Waals surface area (Å²) in [6.45, 7) is 3.50. The minimum absolute atomic E-state index is 0.0998. The molecule has 30 heavy (non-hydrogen) atoms. The average Bonchev–Trinajstić information content (AvgIpc) is 2.88. The highest BCUT2D eigenvalue weighted by Crippen LogP contribution is 2.34. The summed E-state index contributed by atoms with van der Waals surface area (Å²) >= 11 is 0. The number of fused-ring (bicyclic) bond motifs is 1. The Hall–Kier alpha value is -3.47. The van der Waals surface area contributed by atoms with Gasteiger partial charge in [0.15, 0.2) is 5.78 Å². The van der Waals surface area contributed by atoms with E-state index in [2.05, 4.69) is 0 Å². The van der Waals surface area contributed by atoms with Crippen LogP contribution in [-0.2, 0) is 20.7 Å². The first-order chi connectivity index (χ1) is 14.5. The van der Waals surface area contributed by atoms with Gasteiger partial charge in [0.25, 0.3) is 0 Å². The van der Waals surface area contributed by atoms with Gasteiger partial charge in [-0.15, -0.1) is 0 Å². The van der Waals surface area contributed by atoms with Crippen molar-refractivity contribution in [2.45, 2.75) is 33.1 Å². The van der Waals surface area contributed by atoms with Gasteiger partial charge in [0, 0.05) is 24.5 Å². The zero-order valence-corrected chi connectivity index (χ0v) is 17.1. The Morgan fingerprint density at radius 3 is 2.27 bits per heavy atom. The highest BCUT2D eigenvalue weighted by atomic mass is 16.5. The molecule has 0 N–H and O–H groups in total. The molecular weight excluding hydrogens is 380 g/mol. The molecule has 0 unspecified atom stereocenters. The van der Waals surface area contributed by atoms with Crippen LogP contribution < -0.4 is 4.74 Å². The summed E-state index contributed by atoms with van der Waals surface area (Å²) in [5, 5.41) is 0. The van der Waals surface area contributed by atoms with Crippen molar-refractivity contribution in [3.63, 3.8) is 0 Å². The molecule has 0 spiro atoms. The number of ketones is 1. The second-order valence-corrected chi connectivity index (χ2v) is 6.93. The van der Waals surface area contributed by atoms with Crippen LogP contribution in [0.3, 0.4) is 0 Å². The number of carbonyl (C=O) groups excluding carboxylic acids is 3. The number of hydrogen-bond acceptors (Lipinski definition) is 5. The molecule has 0 saturated carbocycles. The molecule has 2 aliphatic rings. The summed E-state index contributed by atoms with van der Waals surface area (Å²) in [6.07, 6.45) is 1.68. The van der Waals surface area contributed by atoms with Crippen LogP contribution in [0.5, 0.6) is 5.75 Å². The number of benzene rings is 1. The molecule has 2 aliphatic carbocycles.